The van der Waals surface area contributed by atoms with Gasteiger partial charge in [-0.2, -0.15) is 5.10 Å². The van der Waals surface area contributed by atoms with Crippen molar-refractivity contribution in [2.75, 3.05) is 7.11 Å². The third-order valence-corrected chi connectivity index (χ3v) is 7.72. The van der Waals surface area contributed by atoms with E-state index in [9.17, 15) is 9.59 Å². The fraction of sp³-hybridized carbons (Fsp3) is 0.0645. The molecular formula is C31H22Br2ClN3O4. The van der Waals surface area contributed by atoms with Gasteiger partial charge in [-0.05, 0) is 70.9 Å². The summed E-state index contributed by atoms with van der Waals surface area (Å²) in [5.41, 5.74) is 6.94. The number of para-hydroxylation sites is 1. The molecule has 1 heterocycles. The van der Waals surface area contributed by atoms with Crippen LogP contribution >= 0.6 is 43.5 Å². The number of hydrogen-bond acceptors (Lipinski definition) is 5. The fourth-order valence-electron chi connectivity index (χ4n) is 4.36. The van der Waals surface area contributed by atoms with Gasteiger partial charge < -0.3 is 14.5 Å². The molecule has 10 heteroatoms. The summed E-state index contributed by atoms with van der Waals surface area (Å²) in [5.74, 6) is -0.160. The number of hydrazone groups is 1. The second-order valence-electron chi connectivity index (χ2n) is 8.98. The molecule has 0 aliphatic rings. The number of methoxy groups -OCH3 is 1. The zero-order valence-corrected chi connectivity index (χ0v) is 25.7. The van der Waals surface area contributed by atoms with Crippen LogP contribution in [0.15, 0.2) is 92.9 Å². The molecule has 7 nitrogen and oxygen atoms in total. The van der Waals surface area contributed by atoms with E-state index in [-0.39, 0.29) is 5.75 Å². The number of nitrogens with one attached hydrogen (secondary N) is 2. The van der Waals surface area contributed by atoms with Crippen LogP contribution in [0.25, 0.3) is 22.0 Å². The molecule has 0 aliphatic carbocycles. The van der Waals surface area contributed by atoms with Crippen molar-refractivity contribution < 1.29 is 19.1 Å². The van der Waals surface area contributed by atoms with Crippen molar-refractivity contribution in [2.24, 2.45) is 5.10 Å². The van der Waals surface area contributed by atoms with Gasteiger partial charge in [0.25, 0.3) is 5.91 Å². The van der Waals surface area contributed by atoms with Gasteiger partial charge in [0.2, 0.25) is 0 Å². The Bertz CT molecular complexity index is 1820. The zero-order valence-electron chi connectivity index (χ0n) is 21.8. The smallest absolute Gasteiger partial charge is 0.343 e. The van der Waals surface area contributed by atoms with Crippen LogP contribution in [0.5, 0.6) is 11.5 Å². The van der Waals surface area contributed by atoms with Crippen molar-refractivity contribution >= 4 is 72.5 Å². The highest BCUT2D eigenvalue weighted by molar-refractivity contribution is 9.11. The Morgan fingerprint density at radius 2 is 1.76 bits per heavy atom. The number of hydrogen-bond donors (Lipinski definition) is 2. The first-order valence-corrected chi connectivity index (χ1v) is 14.3. The summed E-state index contributed by atoms with van der Waals surface area (Å²) in [6.45, 7) is 1.97. The van der Waals surface area contributed by atoms with Gasteiger partial charge in [0.1, 0.15) is 11.4 Å². The van der Waals surface area contributed by atoms with Crippen LogP contribution in [0, 0.1) is 6.92 Å². The quantitative estimate of drug-likeness (QED) is 0.0776. The first-order valence-electron chi connectivity index (χ1n) is 12.3. The summed E-state index contributed by atoms with van der Waals surface area (Å²) in [7, 11) is 1.55. The minimum atomic E-state index is -0.563. The summed E-state index contributed by atoms with van der Waals surface area (Å²) in [6, 6.07) is 23.2. The van der Waals surface area contributed by atoms with E-state index >= 15 is 0 Å². The summed E-state index contributed by atoms with van der Waals surface area (Å²) < 4.78 is 12.1. The Morgan fingerprint density at radius 3 is 2.49 bits per heavy atom. The van der Waals surface area contributed by atoms with Gasteiger partial charge in [-0.1, -0.05) is 63.9 Å². The third-order valence-electron chi connectivity index (χ3n) is 6.34. The normalized spacial score (nSPS) is 11.1. The lowest BCUT2D eigenvalue weighted by atomic mass is 10.0. The maximum Gasteiger partial charge on any atom is 0.343 e. The number of aryl methyl sites for hydroxylation is 1. The highest BCUT2D eigenvalue weighted by Gasteiger charge is 2.22. The molecule has 0 radical (unpaired) electrons. The number of halogens is 3. The monoisotopic (exact) mass is 693 g/mol. The van der Waals surface area contributed by atoms with E-state index in [2.05, 4.69) is 47.4 Å². The van der Waals surface area contributed by atoms with E-state index in [0.717, 1.165) is 22.0 Å². The van der Waals surface area contributed by atoms with Crippen molar-refractivity contribution in [1.82, 2.24) is 10.4 Å². The standard InChI is InChI=1S/C31H22Br2ClN3O4/c1-17-6-5-8-23-26(22-7-3-4-9-25(22)34)28(36-27(17)23)30(38)37-35-16-19-14-20(32)15-24(33)29(19)41-31(39)18-10-12-21(40-2)13-11-18/h3-16,36H,1-2H3,(H,37,38). The molecular weight excluding hydrogens is 674 g/mol. The molecule has 1 aromatic heterocycles. The molecule has 2 N–H and O–H groups in total. The van der Waals surface area contributed by atoms with Crippen LogP contribution in [0.4, 0.5) is 0 Å². The van der Waals surface area contributed by atoms with Gasteiger partial charge in [-0.3, -0.25) is 4.79 Å². The van der Waals surface area contributed by atoms with Crippen molar-refractivity contribution in [1.29, 1.82) is 0 Å². The van der Waals surface area contributed by atoms with Crippen LogP contribution in [0.1, 0.15) is 32.0 Å². The van der Waals surface area contributed by atoms with Gasteiger partial charge in [-0.15, -0.1) is 0 Å². The molecule has 0 spiro atoms. The van der Waals surface area contributed by atoms with Crippen molar-refractivity contribution in [3.63, 3.8) is 0 Å². The number of ether oxygens (including phenoxy) is 2. The molecule has 5 aromatic rings. The Morgan fingerprint density at radius 1 is 1.00 bits per heavy atom. The molecule has 0 saturated heterocycles. The molecule has 0 unspecified atom stereocenters. The van der Waals surface area contributed by atoms with Crippen LogP contribution in [-0.4, -0.2) is 30.2 Å². The minimum Gasteiger partial charge on any atom is -0.497 e. The highest BCUT2D eigenvalue weighted by Crippen LogP contribution is 2.37. The fourth-order valence-corrected chi connectivity index (χ4v) is 5.93. The number of amides is 1. The molecule has 0 saturated carbocycles. The van der Waals surface area contributed by atoms with Crippen LogP contribution in [0.2, 0.25) is 5.02 Å². The van der Waals surface area contributed by atoms with Gasteiger partial charge in [0.15, 0.2) is 5.75 Å². The molecule has 41 heavy (non-hydrogen) atoms. The Kier molecular flexibility index (Phi) is 8.58. The lowest BCUT2D eigenvalue weighted by Crippen LogP contribution is -2.19. The number of aromatic nitrogens is 1. The van der Waals surface area contributed by atoms with E-state index < -0.39 is 11.9 Å². The molecule has 4 aromatic carbocycles. The topological polar surface area (TPSA) is 92.8 Å². The number of nitrogens with zero attached hydrogens (tertiary/aromatic N) is 1. The summed E-state index contributed by atoms with van der Waals surface area (Å²) in [6.07, 6.45) is 1.41. The number of aromatic amines is 1. The van der Waals surface area contributed by atoms with Crippen molar-refractivity contribution in [3.05, 3.63) is 115 Å². The molecule has 0 fully saturated rings. The predicted octanol–water partition coefficient (Wildman–Crippen LogP) is 8.31. The summed E-state index contributed by atoms with van der Waals surface area (Å²) in [4.78, 5) is 29.6. The number of benzene rings is 4. The van der Waals surface area contributed by atoms with Crippen LogP contribution in [0.3, 0.4) is 0 Å². The van der Waals surface area contributed by atoms with E-state index in [1.165, 1.54) is 6.21 Å². The molecule has 0 bridgehead atoms. The second-order valence-corrected chi connectivity index (χ2v) is 11.2. The lowest BCUT2D eigenvalue weighted by molar-refractivity contribution is 0.0732. The highest BCUT2D eigenvalue weighted by atomic mass is 79.9. The Hall–Kier alpha value is -3.92. The number of rotatable bonds is 7. The molecule has 5 rings (SSSR count). The first-order chi connectivity index (χ1) is 19.8. The second kappa shape index (κ2) is 12.3. The van der Waals surface area contributed by atoms with Gasteiger partial charge in [-0.25, -0.2) is 10.2 Å². The number of carbonyl (C=O) groups is 2. The molecule has 0 atom stereocenters. The number of fused-ring (bicyclic) bond motifs is 1. The SMILES string of the molecule is COc1ccc(C(=O)Oc2c(Br)cc(Br)cc2C=NNC(=O)c2[nH]c3c(C)cccc3c2-c2ccccc2Cl)cc1. The largest absolute Gasteiger partial charge is 0.497 e. The first kappa shape index (κ1) is 28.6. The van der Waals surface area contributed by atoms with E-state index in [1.54, 1.807) is 49.6 Å². The average Bonchev–Trinajstić information content (AvgIpc) is 3.36. The number of carbonyl (C=O) groups excluding carboxylic acids is 2. The zero-order chi connectivity index (χ0) is 29.1. The number of H-pyrrole nitrogens is 1. The minimum absolute atomic E-state index is 0.241. The molecule has 206 valence electrons. The van der Waals surface area contributed by atoms with Crippen LogP contribution in [-0.2, 0) is 0 Å². The maximum absolute atomic E-state index is 13.4. The Labute approximate surface area is 257 Å². The average molecular weight is 696 g/mol. The molecule has 0 aliphatic heterocycles. The number of esters is 1. The summed E-state index contributed by atoms with van der Waals surface area (Å²) in [5, 5.41) is 5.58. The van der Waals surface area contributed by atoms with Crippen molar-refractivity contribution in [3.8, 4) is 22.6 Å². The van der Waals surface area contributed by atoms with Gasteiger partial charge in [0.05, 0.1) is 23.4 Å². The van der Waals surface area contributed by atoms with Crippen LogP contribution < -0.4 is 14.9 Å². The predicted molar refractivity (Wildman–Crippen MR) is 168 cm³/mol. The van der Waals surface area contributed by atoms with Gasteiger partial charge >= 0.3 is 5.97 Å². The van der Waals surface area contributed by atoms with E-state index in [1.807, 2.05) is 43.3 Å². The Balaban J connectivity index is 1.44. The van der Waals surface area contributed by atoms with Crippen molar-refractivity contribution in [2.45, 2.75) is 6.92 Å². The maximum atomic E-state index is 13.4. The third kappa shape index (κ3) is 6.07. The van der Waals surface area contributed by atoms with E-state index in [0.29, 0.717) is 42.1 Å². The van der Waals surface area contributed by atoms with E-state index in [4.69, 9.17) is 21.1 Å². The molecule has 1 amide bonds. The van der Waals surface area contributed by atoms with Gasteiger partial charge in [0, 0.05) is 37.1 Å². The summed E-state index contributed by atoms with van der Waals surface area (Å²) >= 11 is 13.4. The lowest BCUT2D eigenvalue weighted by Gasteiger charge is -2.11.